The number of allylic oxidation sites excluding steroid dienone is 2. The Morgan fingerprint density at radius 1 is 1.36 bits per heavy atom. The number of benzene rings is 1. The number of unbranched alkanes of at least 4 members (excludes halogenated alkanes) is 1. The Kier molecular flexibility index (Phi) is 6.05. The number of aliphatic imine (C=N–C) groups is 1. The van der Waals surface area contributed by atoms with Crippen molar-refractivity contribution in [2.75, 3.05) is 14.2 Å². The van der Waals surface area contributed by atoms with Gasteiger partial charge in [-0.05, 0) is 62.0 Å². The molecular formula is C19H27NO2. The Hall–Kier alpha value is -1.77. The minimum Gasteiger partial charge on any atom is -0.497 e. The Bertz CT molecular complexity index is 557. The molecule has 1 aromatic rings. The fraction of sp³-hybridized carbons (Fsp3) is 0.526. The van der Waals surface area contributed by atoms with Crippen molar-refractivity contribution in [2.24, 2.45) is 4.99 Å². The van der Waals surface area contributed by atoms with Crippen LogP contribution in [-0.2, 0) is 0 Å². The van der Waals surface area contributed by atoms with E-state index in [2.05, 4.69) is 24.9 Å². The van der Waals surface area contributed by atoms with E-state index < -0.39 is 0 Å². The minimum absolute atomic E-state index is 0.388. The maximum Gasteiger partial charge on any atom is 0.127 e. The molecule has 0 heterocycles. The molecule has 1 aliphatic carbocycles. The molecule has 0 bridgehead atoms. The molecule has 0 atom stereocenters. The van der Waals surface area contributed by atoms with Crippen LogP contribution in [0.1, 0.15) is 51.5 Å². The van der Waals surface area contributed by atoms with Gasteiger partial charge in [0.2, 0.25) is 0 Å². The Morgan fingerprint density at radius 3 is 2.73 bits per heavy atom. The van der Waals surface area contributed by atoms with Crippen LogP contribution in [0.3, 0.4) is 0 Å². The van der Waals surface area contributed by atoms with Crippen molar-refractivity contribution in [2.45, 2.75) is 52.1 Å². The van der Waals surface area contributed by atoms with Gasteiger partial charge in [0.25, 0.3) is 0 Å². The van der Waals surface area contributed by atoms with Crippen molar-refractivity contribution in [3.05, 3.63) is 29.3 Å². The summed E-state index contributed by atoms with van der Waals surface area (Å²) in [5.41, 5.74) is 3.63. The summed E-state index contributed by atoms with van der Waals surface area (Å²) in [6.45, 7) is 4.37. The molecule has 1 aliphatic rings. The fourth-order valence-electron chi connectivity index (χ4n) is 2.44. The lowest BCUT2D eigenvalue weighted by molar-refractivity contribution is 0.301. The van der Waals surface area contributed by atoms with Crippen LogP contribution in [0, 0.1) is 0 Å². The molecule has 1 saturated carbocycles. The number of methoxy groups -OCH3 is 1. The predicted octanol–water partition coefficient (Wildman–Crippen LogP) is 4.90. The van der Waals surface area contributed by atoms with E-state index in [1.807, 2.05) is 25.4 Å². The van der Waals surface area contributed by atoms with Crippen molar-refractivity contribution < 1.29 is 9.47 Å². The highest BCUT2D eigenvalue weighted by atomic mass is 16.5. The van der Waals surface area contributed by atoms with Crippen LogP contribution in [0.2, 0.25) is 0 Å². The smallest absolute Gasteiger partial charge is 0.127 e. The summed E-state index contributed by atoms with van der Waals surface area (Å²) in [5.74, 6) is 1.82. The molecule has 120 valence electrons. The van der Waals surface area contributed by atoms with E-state index in [0.29, 0.717) is 6.10 Å². The topological polar surface area (TPSA) is 30.8 Å². The van der Waals surface area contributed by atoms with E-state index in [1.54, 1.807) is 7.11 Å². The van der Waals surface area contributed by atoms with Gasteiger partial charge in [0, 0.05) is 18.8 Å². The Labute approximate surface area is 134 Å². The molecule has 0 aliphatic heterocycles. The van der Waals surface area contributed by atoms with Crippen molar-refractivity contribution in [3.63, 3.8) is 0 Å². The second-order valence-electron chi connectivity index (χ2n) is 5.82. The summed E-state index contributed by atoms with van der Waals surface area (Å²) < 4.78 is 11.5. The first-order valence-corrected chi connectivity index (χ1v) is 8.16. The molecule has 0 saturated heterocycles. The summed E-state index contributed by atoms with van der Waals surface area (Å²) in [7, 11) is 3.53. The summed E-state index contributed by atoms with van der Waals surface area (Å²) >= 11 is 0. The van der Waals surface area contributed by atoms with Crippen molar-refractivity contribution in [3.8, 4) is 11.5 Å². The lowest BCUT2D eigenvalue weighted by Crippen LogP contribution is -2.01. The van der Waals surface area contributed by atoms with E-state index in [-0.39, 0.29) is 0 Å². The molecule has 3 nitrogen and oxygen atoms in total. The third-order valence-electron chi connectivity index (χ3n) is 3.98. The van der Waals surface area contributed by atoms with E-state index in [9.17, 15) is 0 Å². The minimum atomic E-state index is 0.388. The first kappa shape index (κ1) is 16.6. The number of ether oxygens (including phenoxy) is 2. The van der Waals surface area contributed by atoms with E-state index in [0.717, 1.165) is 36.3 Å². The van der Waals surface area contributed by atoms with Gasteiger partial charge in [-0.3, -0.25) is 4.99 Å². The third-order valence-corrected chi connectivity index (χ3v) is 3.98. The zero-order chi connectivity index (χ0) is 15.9. The molecule has 0 N–H and O–H groups in total. The van der Waals surface area contributed by atoms with E-state index in [4.69, 9.17) is 9.47 Å². The van der Waals surface area contributed by atoms with Gasteiger partial charge in [-0.25, -0.2) is 0 Å². The van der Waals surface area contributed by atoms with Gasteiger partial charge >= 0.3 is 0 Å². The summed E-state index contributed by atoms with van der Waals surface area (Å²) in [4.78, 5) is 4.23. The average molecular weight is 301 g/mol. The number of hydrogen-bond donors (Lipinski definition) is 0. The van der Waals surface area contributed by atoms with Crippen LogP contribution in [0.15, 0.2) is 28.8 Å². The van der Waals surface area contributed by atoms with Gasteiger partial charge in [-0.1, -0.05) is 13.3 Å². The van der Waals surface area contributed by atoms with Gasteiger partial charge < -0.3 is 9.47 Å². The highest BCUT2D eigenvalue weighted by Gasteiger charge is 2.25. The summed E-state index contributed by atoms with van der Waals surface area (Å²) in [5, 5.41) is 0. The number of nitrogens with zero attached hydrogens (tertiary/aromatic N) is 1. The monoisotopic (exact) mass is 301 g/mol. The number of hydrogen-bond acceptors (Lipinski definition) is 3. The van der Waals surface area contributed by atoms with Crippen LogP contribution in [0.5, 0.6) is 11.5 Å². The third kappa shape index (κ3) is 4.36. The van der Waals surface area contributed by atoms with Crippen LogP contribution in [0.4, 0.5) is 0 Å². The molecule has 1 fully saturated rings. The highest BCUT2D eigenvalue weighted by molar-refractivity contribution is 5.91. The second kappa shape index (κ2) is 8.02. The van der Waals surface area contributed by atoms with Gasteiger partial charge in [0.15, 0.2) is 0 Å². The van der Waals surface area contributed by atoms with Crippen molar-refractivity contribution in [1.29, 1.82) is 0 Å². The Balaban J connectivity index is 2.40. The molecule has 1 aromatic carbocycles. The highest BCUT2D eigenvalue weighted by Crippen LogP contribution is 2.36. The van der Waals surface area contributed by atoms with E-state index in [1.165, 1.54) is 24.0 Å². The maximum atomic E-state index is 6.08. The summed E-state index contributed by atoms with van der Waals surface area (Å²) in [6.07, 6.45) is 8.07. The standard InChI is InChI=1S/C19H27NO2/c1-5-6-7-15(13-20-3)14(2)18-12-17(21-4)10-11-19(18)22-16-8-9-16/h10-13,16H,5-9H2,1-4H3/b15-14+,20-13?. The SMILES string of the molecule is CCCC/C(C=NC)=C(/C)c1cc(OC)ccc1OC1CC1. The van der Waals surface area contributed by atoms with Crippen molar-refractivity contribution >= 4 is 11.8 Å². The molecule has 22 heavy (non-hydrogen) atoms. The molecule has 0 amide bonds. The zero-order valence-electron chi connectivity index (χ0n) is 14.2. The molecule has 3 heteroatoms. The van der Waals surface area contributed by atoms with Crippen LogP contribution < -0.4 is 9.47 Å². The fourth-order valence-corrected chi connectivity index (χ4v) is 2.44. The second-order valence-corrected chi connectivity index (χ2v) is 5.82. The van der Waals surface area contributed by atoms with Gasteiger partial charge in [-0.2, -0.15) is 0 Å². The van der Waals surface area contributed by atoms with Crippen LogP contribution >= 0.6 is 0 Å². The molecule has 2 rings (SSSR count). The van der Waals surface area contributed by atoms with Crippen molar-refractivity contribution in [1.82, 2.24) is 0 Å². The van der Waals surface area contributed by atoms with E-state index >= 15 is 0 Å². The maximum absolute atomic E-state index is 6.08. The lowest BCUT2D eigenvalue weighted by Gasteiger charge is -2.15. The molecule has 0 unspecified atom stereocenters. The molecule has 0 radical (unpaired) electrons. The van der Waals surface area contributed by atoms with Gasteiger partial charge in [0.05, 0.1) is 13.2 Å². The first-order valence-electron chi connectivity index (χ1n) is 8.16. The predicted molar refractivity (Wildman–Crippen MR) is 93.2 cm³/mol. The zero-order valence-corrected chi connectivity index (χ0v) is 14.2. The number of rotatable bonds is 8. The quantitative estimate of drug-likeness (QED) is 0.639. The average Bonchev–Trinajstić information content (AvgIpc) is 3.35. The van der Waals surface area contributed by atoms with Crippen LogP contribution in [0.25, 0.3) is 5.57 Å². The van der Waals surface area contributed by atoms with Gasteiger partial charge in [0.1, 0.15) is 11.5 Å². The molecule has 0 spiro atoms. The largest absolute Gasteiger partial charge is 0.497 e. The van der Waals surface area contributed by atoms with Crippen LogP contribution in [-0.4, -0.2) is 26.5 Å². The first-order chi connectivity index (χ1) is 10.7. The normalized spacial score (nSPS) is 15.8. The van der Waals surface area contributed by atoms with Gasteiger partial charge in [-0.15, -0.1) is 0 Å². The molecular weight excluding hydrogens is 274 g/mol. The molecule has 0 aromatic heterocycles. The summed E-state index contributed by atoms with van der Waals surface area (Å²) in [6, 6.07) is 6.06. The lowest BCUT2D eigenvalue weighted by atomic mass is 9.97. The Morgan fingerprint density at radius 2 is 2.14 bits per heavy atom.